The molecule has 0 spiro atoms. The van der Waals surface area contributed by atoms with E-state index < -0.39 is 16.1 Å². The number of nitrogens with zero attached hydrogens (tertiary/aromatic N) is 3. The van der Waals surface area contributed by atoms with Gasteiger partial charge in [-0.1, -0.05) is 23.4 Å². The summed E-state index contributed by atoms with van der Waals surface area (Å²) in [4.78, 5) is 4.38. The second kappa shape index (κ2) is 5.70. The third-order valence-corrected chi connectivity index (χ3v) is 6.52. The summed E-state index contributed by atoms with van der Waals surface area (Å²) in [5.74, 6) is 0.739. The molecule has 2 aromatic rings. The molecule has 2 heterocycles. The van der Waals surface area contributed by atoms with E-state index in [-0.39, 0.29) is 11.9 Å². The van der Waals surface area contributed by atoms with Crippen LogP contribution in [0.5, 0.6) is 0 Å². The summed E-state index contributed by atoms with van der Waals surface area (Å²) in [6.45, 7) is 0.976. The van der Waals surface area contributed by atoms with Crippen molar-refractivity contribution in [1.29, 1.82) is 0 Å². The molecule has 0 radical (unpaired) electrons. The Labute approximate surface area is 134 Å². The lowest BCUT2D eigenvalue weighted by Crippen LogP contribution is -2.45. The van der Waals surface area contributed by atoms with E-state index in [0.717, 1.165) is 18.4 Å². The van der Waals surface area contributed by atoms with Crippen LogP contribution >= 0.6 is 0 Å². The van der Waals surface area contributed by atoms with Crippen molar-refractivity contribution in [2.24, 2.45) is 0 Å². The van der Waals surface area contributed by atoms with E-state index in [4.69, 9.17) is 9.26 Å². The average Bonchev–Trinajstić information content (AvgIpc) is 3.34. The molecule has 1 unspecified atom stereocenters. The molecule has 1 aromatic carbocycles. The molecule has 0 bridgehead atoms. The van der Waals surface area contributed by atoms with Crippen molar-refractivity contribution in [2.45, 2.75) is 24.1 Å². The van der Waals surface area contributed by atoms with Crippen molar-refractivity contribution in [2.75, 3.05) is 19.8 Å². The number of aromatic nitrogens is 2. The van der Waals surface area contributed by atoms with E-state index >= 15 is 0 Å². The maximum Gasteiger partial charge on any atom is 0.257 e. The van der Waals surface area contributed by atoms with Gasteiger partial charge in [-0.3, -0.25) is 0 Å². The summed E-state index contributed by atoms with van der Waals surface area (Å²) in [5, 5.41) is 3.73. The summed E-state index contributed by atoms with van der Waals surface area (Å²) < 4.78 is 37.4. The minimum absolute atomic E-state index is 0.250. The molecule has 1 saturated carbocycles. The van der Waals surface area contributed by atoms with Gasteiger partial charge in [-0.15, -0.1) is 0 Å². The molecule has 7 nitrogen and oxygen atoms in total. The summed E-state index contributed by atoms with van der Waals surface area (Å²) in [5.41, 5.74) is 0.805. The smallest absolute Gasteiger partial charge is 0.257 e. The van der Waals surface area contributed by atoms with E-state index in [1.807, 2.05) is 30.3 Å². The Bertz CT molecular complexity index is 786. The number of benzene rings is 1. The van der Waals surface area contributed by atoms with E-state index in [1.54, 1.807) is 0 Å². The Morgan fingerprint density at radius 2 is 1.96 bits per heavy atom. The van der Waals surface area contributed by atoms with Crippen LogP contribution in [0.3, 0.4) is 0 Å². The van der Waals surface area contributed by atoms with Crippen LogP contribution in [0.1, 0.15) is 24.7 Å². The highest BCUT2D eigenvalue weighted by molar-refractivity contribution is 7.90. The quantitative estimate of drug-likeness (QED) is 0.844. The Kier molecular flexibility index (Phi) is 3.67. The molecule has 122 valence electrons. The standard InChI is InChI=1S/C15H17N3O4S/c19-23(20,12-6-7-12)18-8-9-21-10-13(18)14-16-15(22-17-14)11-4-2-1-3-5-11/h1-5,12-13H,6-10H2. The third kappa shape index (κ3) is 2.77. The molecule has 1 aliphatic heterocycles. The van der Waals surface area contributed by atoms with Crippen LogP contribution in [0, 0.1) is 0 Å². The molecule has 0 amide bonds. The molecule has 1 aliphatic carbocycles. The van der Waals surface area contributed by atoms with Crippen molar-refractivity contribution < 1.29 is 17.7 Å². The first-order chi connectivity index (χ1) is 11.2. The van der Waals surface area contributed by atoms with Crippen molar-refractivity contribution in [3.05, 3.63) is 36.2 Å². The average molecular weight is 335 g/mol. The van der Waals surface area contributed by atoms with Crippen LogP contribution in [0.25, 0.3) is 11.5 Å². The fourth-order valence-electron chi connectivity index (χ4n) is 2.72. The van der Waals surface area contributed by atoms with Gasteiger partial charge in [0, 0.05) is 12.1 Å². The van der Waals surface area contributed by atoms with E-state index in [0.29, 0.717) is 24.9 Å². The van der Waals surface area contributed by atoms with Gasteiger partial charge in [-0.2, -0.15) is 9.29 Å². The molecule has 1 aromatic heterocycles. The minimum Gasteiger partial charge on any atom is -0.378 e. The van der Waals surface area contributed by atoms with Crippen LogP contribution in [0.2, 0.25) is 0 Å². The Morgan fingerprint density at radius 1 is 1.17 bits per heavy atom. The summed E-state index contributed by atoms with van der Waals surface area (Å²) in [7, 11) is -3.31. The maximum atomic E-state index is 12.6. The van der Waals surface area contributed by atoms with Crippen molar-refractivity contribution in [3.63, 3.8) is 0 Å². The molecular formula is C15H17N3O4S. The zero-order valence-corrected chi connectivity index (χ0v) is 13.3. The van der Waals surface area contributed by atoms with E-state index in [1.165, 1.54) is 4.31 Å². The van der Waals surface area contributed by atoms with E-state index in [2.05, 4.69) is 10.1 Å². The first-order valence-electron chi connectivity index (χ1n) is 7.64. The SMILES string of the molecule is O=S(=O)(C1CC1)N1CCOCC1c1noc(-c2ccccc2)n1. The highest BCUT2D eigenvalue weighted by atomic mass is 32.2. The fourth-order valence-corrected chi connectivity index (χ4v) is 4.68. The molecule has 1 saturated heterocycles. The highest BCUT2D eigenvalue weighted by Gasteiger charge is 2.45. The summed E-state index contributed by atoms with van der Waals surface area (Å²) in [6.07, 6.45) is 1.46. The molecular weight excluding hydrogens is 318 g/mol. The molecule has 2 fully saturated rings. The topological polar surface area (TPSA) is 85.5 Å². The lowest BCUT2D eigenvalue weighted by Gasteiger charge is -2.32. The number of sulfonamides is 1. The molecule has 0 N–H and O–H groups in total. The number of morpholine rings is 1. The second-order valence-electron chi connectivity index (χ2n) is 5.77. The van der Waals surface area contributed by atoms with Crippen molar-refractivity contribution in [1.82, 2.24) is 14.4 Å². The number of rotatable bonds is 4. The predicted molar refractivity (Wildman–Crippen MR) is 81.9 cm³/mol. The molecule has 4 rings (SSSR count). The molecule has 1 atom stereocenters. The minimum atomic E-state index is -3.31. The van der Waals surface area contributed by atoms with Crippen molar-refractivity contribution in [3.8, 4) is 11.5 Å². The zero-order valence-electron chi connectivity index (χ0n) is 12.5. The van der Waals surface area contributed by atoms with Crippen LogP contribution < -0.4 is 0 Å². The van der Waals surface area contributed by atoms with Crippen LogP contribution in [-0.4, -0.2) is 47.9 Å². The number of ether oxygens (including phenoxy) is 1. The lowest BCUT2D eigenvalue weighted by molar-refractivity contribution is 0.0281. The van der Waals surface area contributed by atoms with Crippen LogP contribution in [0.15, 0.2) is 34.9 Å². The molecule has 2 aliphatic rings. The van der Waals surface area contributed by atoms with Crippen molar-refractivity contribution >= 4 is 10.0 Å². The first-order valence-corrected chi connectivity index (χ1v) is 9.14. The number of hydrogen-bond donors (Lipinski definition) is 0. The Hall–Kier alpha value is -1.77. The Morgan fingerprint density at radius 3 is 2.70 bits per heavy atom. The van der Waals surface area contributed by atoms with Crippen LogP contribution in [-0.2, 0) is 14.8 Å². The Balaban J connectivity index is 1.64. The molecule has 8 heteroatoms. The van der Waals surface area contributed by atoms with Gasteiger partial charge < -0.3 is 9.26 Å². The lowest BCUT2D eigenvalue weighted by atomic mass is 10.2. The highest BCUT2D eigenvalue weighted by Crippen LogP contribution is 2.36. The zero-order chi connectivity index (χ0) is 15.9. The van der Waals surface area contributed by atoms with Crippen LogP contribution in [0.4, 0.5) is 0 Å². The fraction of sp³-hybridized carbons (Fsp3) is 0.467. The number of hydrogen-bond acceptors (Lipinski definition) is 6. The monoisotopic (exact) mass is 335 g/mol. The summed E-state index contributed by atoms with van der Waals surface area (Å²) in [6, 6.07) is 8.88. The largest absolute Gasteiger partial charge is 0.378 e. The van der Waals surface area contributed by atoms with Gasteiger partial charge >= 0.3 is 0 Å². The van der Waals surface area contributed by atoms with Gasteiger partial charge in [0.2, 0.25) is 10.0 Å². The van der Waals surface area contributed by atoms with Gasteiger partial charge in [-0.05, 0) is 25.0 Å². The van der Waals surface area contributed by atoms with Gasteiger partial charge in [-0.25, -0.2) is 8.42 Å². The normalized spacial score (nSPS) is 23.0. The third-order valence-electron chi connectivity index (χ3n) is 4.11. The first kappa shape index (κ1) is 14.8. The summed E-state index contributed by atoms with van der Waals surface area (Å²) >= 11 is 0. The van der Waals surface area contributed by atoms with Gasteiger partial charge in [0.25, 0.3) is 5.89 Å². The maximum absolute atomic E-state index is 12.6. The van der Waals surface area contributed by atoms with Gasteiger partial charge in [0.1, 0.15) is 6.04 Å². The molecule has 23 heavy (non-hydrogen) atoms. The predicted octanol–water partition coefficient (Wildman–Crippen LogP) is 1.60. The second-order valence-corrected chi connectivity index (χ2v) is 7.94. The van der Waals surface area contributed by atoms with Gasteiger partial charge in [0.05, 0.1) is 18.5 Å². The van der Waals surface area contributed by atoms with E-state index in [9.17, 15) is 8.42 Å². The van der Waals surface area contributed by atoms with Gasteiger partial charge in [0.15, 0.2) is 5.82 Å².